The summed E-state index contributed by atoms with van der Waals surface area (Å²) in [5.74, 6) is 1.40. The van der Waals surface area contributed by atoms with E-state index in [1.165, 1.54) is 0 Å². The van der Waals surface area contributed by atoms with E-state index in [1.54, 1.807) is 19.7 Å². The van der Waals surface area contributed by atoms with Crippen molar-refractivity contribution in [2.45, 2.75) is 53.2 Å². The fourth-order valence-corrected chi connectivity index (χ4v) is 10.3. The second kappa shape index (κ2) is 14.3. The first-order chi connectivity index (χ1) is 24.0. The van der Waals surface area contributed by atoms with Crippen LogP contribution in [0.5, 0.6) is 11.5 Å². The molecule has 12 heteroatoms. The Morgan fingerprint density at radius 1 is 0.620 bits per heavy atom. The Morgan fingerprint density at radius 2 is 1.10 bits per heavy atom. The molecule has 7 rings (SSSR count). The molecule has 0 fully saturated rings. The average Bonchev–Trinajstić information content (AvgIpc) is 3.12. The van der Waals surface area contributed by atoms with Gasteiger partial charge in [-0.15, -0.1) is 0 Å². The van der Waals surface area contributed by atoms with Crippen molar-refractivity contribution in [2.24, 2.45) is 5.92 Å². The summed E-state index contributed by atoms with van der Waals surface area (Å²) in [4.78, 5) is 38.7. The first-order valence-electron chi connectivity index (χ1n) is 16.9. The van der Waals surface area contributed by atoms with Crippen LogP contribution in [0.25, 0.3) is 22.3 Å². The van der Waals surface area contributed by atoms with E-state index >= 15 is 0 Å². The highest BCUT2D eigenvalue weighted by Crippen LogP contribution is 2.55. The molecular formula is C38H41N3O7P2. The summed E-state index contributed by atoms with van der Waals surface area (Å²) in [5.41, 5.74) is 1.98. The van der Waals surface area contributed by atoms with Gasteiger partial charge in [0.2, 0.25) is 0 Å². The molecule has 50 heavy (non-hydrogen) atoms. The predicted molar refractivity (Wildman–Crippen MR) is 199 cm³/mol. The fraction of sp³-hybridized carbons (Fsp3) is 0.289. The highest BCUT2D eigenvalue weighted by atomic mass is 31.2. The van der Waals surface area contributed by atoms with Crippen molar-refractivity contribution in [1.82, 2.24) is 13.7 Å². The second-order valence-corrected chi connectivity index (χ2v) is 17.5. The molecule has 3 unspecified atom stereocenters. The third-order valence-electron chi connectivity index (χ3n) is 9.21. The van der Waals surface area contributed by atoms with Gasteiger partial charge in [0, 0.05) is 43.6 Å². The number of rotatable bonds is 8. The number of para-hydroxylation sites is 2. The molecule has 0 aliphatic carbocycles. The SMILES string of the molecule is CCC(C)Cn1c(=O)n(CC)c(=O)n(CCCP2(=O)Oc3ccccc3-c3ccccc32)c1=O.CP1(=O)Oc2ccccc2-c2ccccc21. The van der Waals surface area contributed by atoms with Crippen LogP contribution in [0.1, 0.15) is 33.6 Å². The largest absolute Gasteiger partial charge is 0.439 e. The van der Waals surface area contributed by atoms with Gasteiger partial charge >= 0.3 is 17.1 Å². The molecule has 0 radical (unpaired) electrons. The molecule has 2 aliphatic rings. The van der Waals surface area contributed by atoms with Crippen molar-refractivity contribution in [3.63, 3.8) is 0 Å². The molecule has 0 N–H and O–H groups in total. The van der Waals surface area contributed by atoms with Crippen molar-refractivity contribution in [1.29, 1.82) is 0 Å². The maximum Gasteiger partial charge on any atom is 0.336 e. The minimum absolute atomic E-state index is 0.0512. The summed E-state index contributed by atoms with van der Waals surface area (Å²) in [5, 5.41) is 1.46. The molecule has 260 valence electrons. The van der Waals surface area contributed by atoms with Gasteiger partial charge in [0.1, 0.15) is 11.5 Å². The van der Waals surface area contributed by atoms with Crippen LogP contribution in [0.4, 0.5) is 0 Å². The van der Waals surface area contributed by atoms with E-state index in [1.807, 2.05) is 105 Å². The third-order valence-corrected chi connectivity index (χ3v) is 13.5. The monoisotopic (exact) mass is 713 g/mol. The number of benzene rings is 4. The Morgan fingerprint density at radius 3 is 1.70 bits per heavy atom. The molecule has 2 aliphatic heterocycles. The number of fused-ring (bicyclic) bond motifs is 6. The second-order valence-electron chi connectivity index (χ2n) is 12.7. The minimum Gasteiger partial charge on any atom is -0.439 e. The quantitative estimate of drug-likeness (QED) is 0.167. The van der Waals surface area contributed by atoms with Gasteiger partial charge in [-0.05, 0) is 54.7 Å². The maximum atomic E-state index is 14.0. The van der Waals surface area contributed by atoms with Crippen LogP contribution >= 0.6 is 14.7 Å². The van der Waals surface area contributed by atoms with Crippen LogP contribution < -0.4 is 36.7 Å². The molecule has 3 atom stereocenters. The van der Waals surface area contributed by atoms with E-state index < -0.39 is 31.8 Å². The van der Waals surface area contributed by atoms with Gasteiger partial charge in [-0.25, -0.2) is 28.1 Å². The van der Waals surface area contributed by atoms with Gasteiger partial charge in [-0.1, -0.05) is 93.1 Å². The number of nitrogens with zero attached hydrogens (tertiary/aromatic N) is 3. The number of hydrogen-bond acceptors (Lipinski definition) is 7. The Labute approximate surface area is 290 Å². The molecular weight excluding hydrogens is 672 g/mol. The molecule has 0 saturated heterocycles. The fourth-order valence-electron chi connectivity index (χ4n) is 6.38. The first kappa shape index (κ1) is 35.2. The molecule has 0 bridgehead atoms. The lowest BCUT2D eigenvalue weighted by molar-refractivity contribution is 0.390. The Bertz CT molecular complexity index is 2340. The summed E-state index contributed by atoms with van der Waals surface area (Å²) in [6, 6.07) is 30.4. The summed E-state index contributed by atoms with van der Waals surface area (Å²) in [6.07, 6.45) is 1.26. The van der Waals surface area contributed by atoms with Gasteiger partial charge < -0.3 is 9.05 Å². The molecule has 3 heterocycles. The first-order valence-corrected chi connectivity index (χ1v) is 20.8. The molecule has 4 aromatic carbocycles. The van der Waals surface area contributed by atoms with E-state index in [-0.39, 0.29) is 38.1 Å². The Balaban J connectivity index is 0.000000223. The van der Waals surface area contributed by atoms with Crippen LogP contribution in [0.3, 0.4) is 0 Å². The summed E-state index contributed by atoms with van der Waals surface area (Å²) >= 11 is 0. The Kier molecular flexibility index (Phi) is 10.1. The zero-order valence-electron chi connectivity index (χ0n) is 28.7. The lowest BCUT2D eigenvalue weighted by Gasteiger charge is -2.28. The molecule has 0 saturated carbocycles. The molecule has 10 nitrogen and oxygen atoms in total. The maximum absolute atomic E-state index is 14.0. The predicted octanol–water partition coefficient (Wildman–Crippen LogP) is 6.57. The van der Waals surface area contributed by atoms with E-state index in [0.29, 0.717) is 16.8 Å². The van der Waals surface area contributed by atoms with E-state index in [0.717, 1.165) is 47.7 Å². The van der Waals surface area contributed by atoms with Crippen LogP contribution in [-0.2, 0) is 28.8 Å². The van der Waals surface area contributed by atoms with Crippen LogP contribution in [-0.4, -0.2) is 26.5 Å². The molecule has 1 aromatic heterocycles. The van der Waals surface area contributed by atoms with Crippen molar-refractivity contribution < 1.29 is 18.2 Å². The molecule has 0 amide bonds. The summed E-state index contributed by atoms with van der Waals surface area (Å²) < 4.78 is 41.3. The zero-order chi connectivity index (χ0) is 35.6. The van der Waals surface area contributed by atoms with Gasteiger partial charge in [0.25, 0.3) is 14.7 Å². The van der Waals surface area contributed by atoms with Crippen LogP contribution in [0.2, 0.25) is 0 Å². The van der Waals surface area contributed by atoms with Gasteiger partial charge in [-0.3, -0.25) is 9.13 Å². The van der Waals surface area contributed by atoms with Crippen molar-refractivity contribution in [2.75, 3.05) is 12.8 Å². The average molecular weight is 714 g/mol. The standard InChI is InChI=1S/C25H30N3O5P.C13H11O2P/c1-4-18(3)17-28-24(30)26(5-2)23(29)27(25(28)31)15-10-16-34(32)22-14-9-7-12-20(22)19-11-6-8-13-21(19)33-34;1-16(14)13-9-5-3-7-11(13)10-6-2-4-8-12(10)15-16/h6-9,11-14,18H,4-5,10,15-17H2,1-3H3;2-9H,1H3. The van der Waals surface area contributed by atoms with E-state index in [2.05, 4.69) is 0 Å². The minimum atomic E-state index is -3.26. The van der Waals surface area contributed by atoms with Gasteiger partial charge in [0.15, 0.2) is 0 Å². The van der Waals surface area contributed by atoms with Gasteiger partial charge in [-0.2, -0.15) is 0 Å². The van der Waals surface area contributed by atoms with Gasteiger partial charge in [0.05, 0.1) is 10.6 Å². The number of aromatic nitrogens is 3. The van der Waals surface area contributed by atoms with Crippen molar-refractivity contribution >= 4 is 25.3 Å². The topological polar surface area (TPSA) is 119 Å². The highest BCUT2D eigenvalue weighted by Gasteiger charge is 2.35. The smallest absolute Gasteiger partial charge is 0.336 e. The summed E-state index contributed by atoms with van der Waals surface area (Å²) in [7, 11) is -5.97. The molecule has 5 aromatic rings. The molecule has 0 spiro atoms. The van der Waals surface area contributed by atoms with Crippen LogP contribution in [0, 0.1) is 5.92 Å². The van der Waals surface area contributed by atoms with E-state index in [9.17, 15) is 23.5 Å². The lowest BCUT2D eigenvalue weighted by Crippen LogP contribution is -2.54. The normalized spacial score (nSPS) is 18.9. The third kappa shape index (κ3) is 6.62. The van der Waals surface area contributed by atoms with Crippen molar-refractivity contribution in [3.05, 3.63) is 129 Å². The lowest BCUT2D eigenvalue weighted by atomic mass is 10.0. The number of hydrogen-bond donors (Lipinski definition) is 0. The highest BCUT2D eigenvalue weighted by molar-refractivity contribution is 7.68. The van der Waals surface area contributed by atoms with E-state index in [4.69, 9.17) is 9.05 Å². The zero-order valence-corrected chi connectivity index (χ0v) is 30.4. The van der Waals surface area contributed by atoms with Crippen LogP contribution in [0.15, 0.2) is 111 Å². The Hall–Kier alpha value is -4.65. The van der Waals surface area contributed by atoms with Crippen molar-refractivity contribution in [3.8, 4) is 33.8 Å². The summed E-state index contributed by atoms with van der Waals surface area (Å²) in [6.45, 7) is 7.79.